The molecule has 0 bridgehead atoms. The highest BCUT2D eigenvalue weighted by atomic mass is 16.3. The van der Waals surface area contributed by atoms with E-state index in [1.54, 1.807) is 0 Å². The van der Waals surface area contributed by atoms with Gasteiger partial charge in [-0.05, 0) is 98.7 Å². The molecule has 5 aliphatic rings. The van der Waals surface area contributed by atoms with E-state index < -0.39 is 0 Å². The van der Waals surface area contributed by atoms with Crippen LogP contribution in [-0.4, -0.2) is 53.4 Å². The number of rotatable bonds is 5. The van der Waals surface area contributed by atoms with E-state index in [0.29, 0.717) is 36.0 Å². The minimum absolute atomic E-state index is 0.144. The Morgan fingerprint density at radius 1 is 1.10 bits per heavy atom. The topological polar surface area (TPSA) is 84.8 Å². The highest BCUT2D eigenvalue weighted by Crippen LogP contribution is 2.68. The Balaban J connectivity index is 1.35. The summed E-state index contributed by atoms with van der Waals surface area (Å²) < 4.78 is 0. The van der Waals surface area contributed by atoms with Crippen molar-refractivity contribution in [3.8, 4) is 0 Å². The van der Waals surface area contributed by atoms with Crippen LogP contribution in [0.4, 0.5) is 0 Å². The average Bonchev–Trinajstić information content (AvgIpc) is 3.35. The molecule has 1 heterocycles. The molecule has 170 valence electrons. The molecule has 0 unspecified atom stereocenters. The van der Waals surface area contributed by atoms with E-state index in [-0.39, 0.29) is 29.5 Å². The van der Waals surface area contributed by atoms with Gasteiger partial charge in [-0.2, -0.15) is 5.53 Å². The minimum Gasteiger partial charge on any atom is -0.396 e. The standard InChI is InChI=1S/C24H41N3O3/c1-23-8-7-20-18(3-2-16-14-17(29)6-9-24(16,20)10-13-28)19(23)4-5-21(23)22(30)15-27-12-11-25-26-27/h16-21,25-26,28-29H,2-15H2,1H3/t16-,17+,18-,19-,20-,21+,23-,24+/m0/s1. The van der Waals surface area contributed by atoms with Crippen LogP contribution >= 0.6 is 0 Å². The summed E-state index contributed by atoms with van der Waals surface area (Å²) in [5, 5.41) is 22.3. The molecule has 0 aromatic carbocycles. The molecule has 6 nitrogen and oxygen atoms in total. The van der Waals surface area contributed by atoms with Crippen LogP contribution in [0.15, 0.2) is 0 Å². The quantitative estimate of drug-likeness (QED) is 0.547. The molecule has 1 saturated heterocycles. The lowest BCUT2D eigenvalue weighted by atomic mass is 9.43. The van der Waals surface area contributed by atoms with Crippen LogP contribution < -0.4 is 11.0 Å². The van der Waals surface area contributed by atoms with E-state index in [4.69, 9.17) is 0 Å². The number of carbonyl (C=O) groups is 1. The fourth-order valence-corrected chi connectivity index (χ4v) is 9.09. The summed E-state index contributed by atoms with van der Waals surface area (Å²) in [6, 6.07) is 0. The van der Waals surface area contributed by atoms with Gasteiger partial charge in [0, 0.05) is 25.6 Å². The zero-order chi connectivity index (χ0) is 20.9. The number of nitrogens with zero attached hydrogens (tertiary/aromatic N) is 1. The van der Waals surface area contributed by atoms with Crippen molar-refractivity contribution in [1.29, 1.82) is 0 Å². The van der Waals surface area contributed by atoms with Gasteiger partial charge in [-0.15, -0.1) is 0 Å². The van der Waals surface area contributed by atoms with Crippen LogP contribution in [0.1, 0.15) is 71.1 Å². The van der Waals surface area contributed by atoms with Crippen molar-refractivity contribution >= 4 is 5.78 Å². The summed E-state index contributed by atoms with van der Waals surface area (Å²) in [7, 11) is 0. The van der Waals surface area contributed by atoms with Crippen LogP contribution in [0, 0.1) is 40.4 Å². The van der Waals surface area contributed by atoms with Gasteiger partial charge in [0.1, 0.15) is 0 Å². The number of fused-ring (bicyclic) bond motifs is 5. The maximum atomic E-state index is 13.3. The highest BCUT2D eigenvalue weighted by molar-refractivity contribution is 5.84. The fourth-order valence-electron chi connectivity index (χ4n) is 9.09. The van der Waals surface area contributed by atoms with Crippen LogP contribution in [0.3, 0.4) is 0 Å². The first kappa shape index (κ1) is 21.3. The first-order valence-corrected chi connectivity index (χ1v) is 12.5. The Labute approximate surface area is 181 Å². The third-order valence-corrected chi connectivity index (χ3v) is 10.4. The molecule has 5 rings (SSSR count). The summed E-state index contributed by atoms with van der Waals surface area (Å²) >= 11 is 0. The van der Waals surface area contributed by atoms with Crippen molar-refractivity contribution in [2.24, 2.45) is 40.4 Å². The molecule has 0 aromatic rings. The van der Waals surface area contributed by atoms with Gasteiger partial charge in [0.25, 0.3) is 0 Å². The predicted molar refractivity (Wildman–Crippen MR) is 115 cm³/mol. The van der Waals surface area contributed by atoms with Gasteiger partial charge in [0.15, 0.2) is 5.78 Å². The van der Waals surface area contributed by atoms with Crippen molar-refractivity contribution in [1.82, 2.24) is 16.0 Å². The Hall–Kier alpha value is -0.530. The summed E-state index contributed by atoms with van der Waals surface area (Å²) in [5.41, 5.74) is 6.59. The van der Waals surface area contributed by atoms with Crippen LogP contribution in [-0.2, 0) is 4.79 Å². The Kier molecular flexibility index (Phi) is 5.76. The maximum absolute atomic E-state index is 13.3. The maximum Gasteiger partial charge on any atom is 0.151 e. The smallest absolute Gasteiger partial charge is 0.151 e. The van der Waals surface area contributed by atoms with E-state index >= 15 is 0 Å². The SMILES string of the molecule is C[C@]12CC[C@H]3[C@@H](CC[C@H]4C[C@H](O)CC[C@@]43CCO)[C@@H]1CC[C@@H]2C(=O)CN1CCNN1. The van der Waals surface area contributed by atoms with Crippen LogP contribution in [0.5, 0.6) is 0 Å². The number of aliphatic hydroxyl groups excluding tert-OH is 2. The van der Waals surface area contributed by atoms with Crippen molar-refractivity contribution in [2.75, 3.05) is 26.2 Å². The third-order valence-electron chi connectivity index (χ3n) is 10.4. The van der Waals surface area contributed by atoms with E-state index in [0.717, 1.165) is 51.6 Å². The fraction of sp³-hybridized carbons (Fsp3) is 0.958. The second kappa shape index (κ2) is 8.11. The molecule has 6 heteroatoms. The van der Waals surface area contributed by atoms with Gasteiger partial charge < -0.3 is 10.2 Å². The highest BCUT2D eigenvalue weighted by Gasteiger charge is 2.62. The molecule has 4 saturated carbocycles. The summed E-state index contributed by atoms with van der Waals surface area (Å²) in [4.78, 5) is 13.3. The number of carbonyl (C=O) groups excluding carboxylic acids is 1. The van der Waals surface area contributed by atoms with E-state index in [1.165, 1.54) is 25.7 Å². The number of hydrogen-bond acceptors (Lipinski definition) is 6. The van der Waals surface area contributed by atoms with E-state index in [2.05, 4.69) is 17.9 Å². The van der Waals surface area contributed by atoms with Crippen molar-refractivity contribution in [3.05, 3.63) is 0 Å². The second-order valence-corrected chi connectivity index (χ2v) is 11.4. The second-order valence-electron chi connectivity index (χ2n) is 11.4. The average molecular weight is 420 g/mol. The number of aliphatic hydroxyl groups is 2. The normalized spacial score (nSPS) is 48.8. The predicted octanol–water partition coefficient (Wildman–Crippen LogP) is 2.26. The molecule has 8 atom stereocenters. The Morgan fingerprint density at radius 3 is 2.73 bits per heavy atom. The van der Waals surface area contributed by atoms with Crippen molar-refractivity contribution < 1.29 is 15.0 Å². The molecule has 4 N–H and O–H groups in total. The monoisotopic (exact) mass is 419 g/mol. The van der Waals surface area contributed by atoms with Crippen molar-refractivity contribution in [3.63, 3.8) is 0 Å². The molecular formula is C24H41N3O3. The van der Waals surface area contributed by atoms with Crippen molar-refractivity contribution in [2.45, 2.75) is 77.2 Å². The molecule has 5 fully saturated rings. The molecule has 30 heavy (non-hydrogen) atoms. The lowest BCUT2D eigenvalue weighted by Gasteiger charge is -2.62. The van der Waals surface area contributed by atoms with Crippen LogP contribution in [0.2, 0.25) is 0 Å². The molecule has 0 amide bonds. The molecule has 0 aromatic heterocycles. The van der Waals surface area contributed by atoms with Gasteiger partial charge in [-0.25, -0.2) is 10.4 Å². The number of ketones is 1. The Morgan fingerprint density at radius 2 is 1.97 bits per heavy atom. The molecular weight excluding hydrogens is 378 g/mol. The number of hydrazine groups is 2. The van der Waals surface area contributed by atoms with Gasteiger partial charge in [0.2, 0.25) is 0 Å². The van der Waals surface area contributed by atoms with Gasteiger partial charge in [-0.1, -0.05) is 6.92 Å². The largest absolute Gasteiger partial charge is 0.396 e. The van der Waals surface area contributed by atoms with Gasteiger partial charge >= 0.3 is 0 Å². The van der Waals surface area contributed by atoms with E-state index in [1.807, 2.05) is 5.01 Å². The lowest BCUT2D eigenvalue weighted by Crippen LogP contribution is -2.56. The number of Topliss-reactive ketones (excluding diaryl/α,β-unsaturated/α-hetero) is 1. The third kappa shape index (κ3) is 3.29. The first-order chi connectivity index (χ1) is 14.5. The zero-order valence-electron chi connectivity index (χ0n) is 18.6. The molecule has 1 aliphatic heterocycles. The lowest BCUT2D eigenvalue weighted by molar-refractivity contribution is -0.149. The van der Waals surface area contributed by atoms with Gasteiger partial charge in [0.05, 0.1) is 12.6 Å². The zero-order valence-corrected chi connectivity index (χ0v) is 18.6. The van der Waals surface area contributed by atoms with Gasteiger partial charge in [-0.3, -0.25) is 4.79 Å². The minimum atomic E-state index is -0.144. The summed E-state index contributed by atoms with van der Waals surface area (Å²) in [6.45, 7) is 5.00. The molecule has 4 aliphatic carbocycles. The van der Waals surface area contributed by atoms with E-state index in [9.17, 15) is 15.0 Å². The summed E-state index contributed by atoms with van der Waals surface area (Å²) in [6.07, 6.45) is 10.8. The number of nitrogens with one attached hydrogen (secondary N) is 2. The Bertz CT molecular complexity index is 654. The molecule has 0 radical (unpaired) electrons. The first-order valence-electron chi connectivity index (χ1n) is 12.5. The number of hydrogen-bond donors (Lipinski definition) is 4. The summed E-state index contributed by atoms with van der Waals surface area (Å²) in [5.74, 6) is 3.22. The van der Waals surface area contributed by atoms with Crippen LogP contribution in [0.25, 0.3) is 0 Å². The molecule has 0 spiro atoms.